The number of carboxylic acid groups (broad SMARTS) is 1. The third-order valence-electron chi connectivity index (χ3n) is 3.08. The van der Waals surface area contributed by atoms with Crippen molar-refractivity contribution in [3.8, 4) is 0 Å². The molecule has 0 bridgehead atoms. The van der Waals surface area contributed by atoms with Crippen LogP contribution in [0, 0.1) is 0 Å². The first-order valence-electron chi connectivity index (χ1n) is 7.86. The molecule has 1 atom stereocenters. The number of amides is 2. The van der Waals surface area contributed by atoms with Gasteiger partial charge >= 0.3 is 35.5 Å². The molecule has 0 rings (SSSR count). The first-order chi connectivity index (χ1) is 11.4. The second kappa shape index (κ2) is 14.9. The fourth-order valence-electron chi connectivity index (χ4n) is 1.80. The van der Waals surface area contributed by atoms with Crippen molar-refractivity contribution >= 4 is 23.8 Å². The molecule has 0 aromatic heterocycles. The maximum absolute atomic E-state index is 12.2. The number of imide groups is 1. The zero-order valence-corrected chi connectivity index (χ0v) is 17.3. The quantitative estimate of drug-likeness (QED) is 0.247. The fraction of sp³-hybridized carbons (Fsp3) is 0.529. The van der Waals surface area contributed by atoms with E-state index in [1.165, 1.54) is 0 Å². The number of methoxy groups -OCH3 is 1. The van der Waals surface area contributed by atoms with Gasteiger partial charge in [0, 0.05) is 0 Å². The van der Waals surface area contributed by atoms with Gasteiger partial charge in [-0.25, -0.2) is 0 Å². The average molecular weight is 361 g/mol. The Kier molecular flexibility index (Phi) is 15.3. The largest absolute Gasteiger partial charge is 1.00 e. The molecule has 0 radical (unpaired) electrons. The summed E-state index contributed by atoms with van der Waals surface area (Å²) in [6.07, 6.45) is 7.47. The molecule has 0 saturated carbocycles. The molecule has 0 N–H and O–H groups in total. The van der Waals surface area contributed by atoms with Crippen LogP contribution in [0.5, 0.6) is 0 Å². The Bertz CT molecular complexity index is 487. The predicted molar refractivity (Wildman–Crippen MR) is 85.4 cm³/mol. The summed E-state index contributed by atoms with van der Waals surface area (Å²) in [4.78, 5) is 47.8. The molecule has 0 heterocycles. The zero-order valence-electron chi connectivity index (χ0n) is 15.3. The molecule has 0 saturated heterocycles. The Balaban J connectivity index is 0. The van der Waals surface area contributed by atoms with E-state index in [1.807, 2.05) is 13.8 Å². The minimum atomic E-state index is -1.73. The molecule has 0 aliphatic heterocycles. The Morgan fingerprint density at radius 3 is 1.76 bits per heavy atom. The van der Waals surface area contributed by atoms with Crippen LogP contribution < -0.4 is 34.7 Å². The molecule has 2 amide bonds. The van der Waals surface area contributed by atoms with Gasteiger partial charge in [-0.3, -0.25) is 19.3 Å². The summed E-state index contributed by atoms with van der Waals surface area (Å²) in [6.45, 7) is 3.82. The van der Waals surface area contributed by atoms with Gasteiger partial charge in [0.15, 0.2) is 0 Å². The fourth-order valence-corrected chi connectivity index (χ4v) is 1.80. The van der Waals surface area contributed by atoms with Crippen molar-refractivity contribution < 1.29 is 58.6 Å². The first kappa shape index (κ1) is 25.8. The van der Waals surface area contributed by atoms with Crippen molar-refractivity contribution in [1.82, 2.24) is 4.90 Å². The second-order valence-corrected chi connectivity index (χ2v) is 5.04. The van der Waals surface area contributed by atoms with Gasteiger partial charge in [0.25, 0.3) is 11.8 Å². The van der Waals surface area contributed by atoms with Crippen LogP contribution >= 0.6 is 0 Å². The maximum atomic E-state index is 12.2. The zero-order chi connectivity index (χ0) is 18.5. The van der Waals surface area contributed by atoms with E-state index in [2.05, 4.69) is 4.74 Å². The third kappa shape index (κ3) is 10.2. The van der Waals surface area contributed by atoms with E-state index in [-0.39, 0.29) is 29.6 Å². The Morgan fingerprint density at radius 1 is 1.00 bits per heavy atom. The van der Waals surface area contributed by atoms with Crippen LogP contribution in [-0.4, -0.2) is 41.8 Å². The molecule has 8 heteroatoms. The summed E-state index contributed by atoms with van der Waals surface area (Å²) < 4.78 is 4.42. The molecule has 7 nitrogen and oxygen atoms in total. The van der Waals surface area contributed by atoms with Crippen LogP contribution in [0.15, 0.2) is 24.3 Å². The van der Waals surface area contributed by atoms with Gasteiger partial charge in [-0.1, -0.05) is 38.8 Å². The summed E-state index contributed by atoms with van der Waals surface area (Å²) in [7, 11) is 1.09. The summed E-state index contributed by atoms with van der Waals surface area (Å²) >= 11 is 0. The first-order valence-corrected chi connectivity index (χ1v) is 7.86. The minimum absolute atomic E-state index is 0. The van der Waals surface area contributed by atoms with Gasteiger partial charge in [-0.2, -0.15) is 0 Å². The van der Waals surface area contributed by atoms with Crippen molar-refractivity contribution in [2.75, 3.05) is 7.11 Å². The second-order valence-electron chi connectivity index (χ2n) is 5.04. The number of carbonyl (C=O) groups excluding carboxylic acids is 4. The molecule has 0 aromatic carbocycles. The number of carboxylic acids is 1. The van der Waals surface area contributed by atoms with Gasteiger partial charge < -0.3 is 14.6 Å². The van der Waals surface area contributed by atoms with E-state index in [1.54, 1.807) is 12.2 Å². The van der Waals surface area contributed by atoms with Crippen LogP contribution in [-0.2, 0) is 23.9 Å². The molecule has 25 heavy (non-hydrogen) atoms. The van der Waals surface area contributed by atoms with Crippen LogP contribution in [0.25, 0.3) is 0 Å². The van der Waals surface area contributed by atoms with E-state index >= 15 is 0 Å². The van der Waals surface area contributed by atoms with E-state index in [4.69, 9.17) is 0 Å². The summed E-state index contributed by atoms with van der Waals surface area (Å²) in [5.41, 5.74) is 0. The number of allylic oxidation sites excluding steroid dienone is 2. The minimum Gasteiger partial charge on any atom is -0.548 e. The summed E-state index contributed by atoms with van der Waals surface area (Å²) in [5.74, 6) is -4.18. The molecule has 0 aliphatic carbocycles. The van der Waals surface area contributed by atoms with Crippen LogP contribution in [0.4, 0.5) is 0 Å². The summed E-state index contributed by atoms with van der Waals surface area (Å²) in [5, 5.41) is 11.3. The number of nitrogens with zero attached hydrogens (tertiary/aromatic N) is 1. The van der Waals surface area contributed by atoms with Crippen molar-refractivity contribution in [2.45, 2.75) is 52.0 Å². The number of hydrogen-bond acceptors (Lipinski definition) is 6. The summed E-state index contributed by atoms with van der Waals surface area (Å²) in [6, 6.07) is -1.73. The molecule has 134 valence electrons. The van der Waals surface area contributed by atoms with Gasteiger partial charge in [-0.15, -0.1) is 0 Å². The Labute approximate surface area is 170 Å². The van der Waals surface area contributed by atoms with Gasteiger partial charge in [0.1, 0.15) is 0 Å². The SMILES string of the molecule is CCC/C=C/C(=O)N(C(=O)/C=C/CCC)C(CC(=O)OC)C(=O)[O-].[Na+]. The van der Waals surface area contributed by atoms with E-state index < -0.39 is 36.2 Å². The molecular weight excluding hydrogens is 337 g/mol. The number of aliphatic carboxylic acids is 1. The molecule has 1 unspecified atom stereocenters. The molecule has 0 fully saturated rings. The van der Waals surface area contributed by atoms with Crippen molar-refractivity contribution in [3.63, 3.8) is 0 Å². The molecule has 0 spiro atoms. The van der Waals surface area contributed by atoms with E-state index in [9.17, 15) is 24.3 Å². The Hall–Kier alpha value is -1.44. The van der Waals surface area contributed by atoms with Crippen LogP contribution in [0.3, 0.4) is 0 Å². The topological polar surface area (TPSA) is 104 Å². The number of hydrogen-bond donors (Lipinski definition) is 0. The smallest absolute Gasteiger partial charge is 0.548 e. The number of unbranched alkanes of at least 4 members (excludes halogenated alkanes) is 2. The van der Waals surface area contributed by atoms with E-state index in [0.29, 0.717) is 17.7 Å². The Morgan fingerprint density at radius 2 is 1.44 bits per heavy atom. The monoisotopic (exact) mass is 361 g/mol. The van der Waals surface area contributed by atoms with Crippen molar-refractivity contribution in [1.29, 1.82) is 0 Å². The molecular formula is C17H24NNaO6. The number of ether oxygens (including phenoxy) is 1. The number of carbonyl (C=O) groups is 4. The van der Waals surface area contributed by atoms with Crippen molar-refractivity contribution in [2.24, 2.45) is 0 Å². The number of esters is 1. The van der Waals surface area contributed by atoms with Gasteiger partial charge in [0.2, 0.25) is 0 Å². The molecule has 0 aromatic rings. The van der Waals surface area contributed by atoms with Crippen molar-refractivity contribution in [3.05, 3.63) is 24.3 Å². The average Bonchev–Trinajstić information content (AvgIpc) is 2.54. The standard InChI is InChI=1S/C17H25NO6.Na/c1-4-6-8-10-14(19)18(15(20)11-9-7-5-2)13(17(22)23)12-16(21)24-3;/h8-11,13H,4-7,12H2,1-3H3,(H,22,23);/q;+1/p-1/b10-8+,11-9+;. The third-order valence-corrected chi connectivity index (χ3v) is 3.08. The van der Waals surface area contributed by atoms with Gasteiger partial charge in [0.05, 0.1) is 25.5 Å². The predicted octanol–water partition coefficient (Wildman–Crippen LogP) is -2.26. The molecule has 0 aliphatic rings. The maximum Gasteiger partial charge on any atom is 1.00 e. The number of rotatable bonds is 10. The van der Waals surface area contributed by atoms with Crippen LogP contribution in [0.1, 0.15) is 46.0 Å². The normalized spacial score (nSPS) is 11.8. The van der Waals surface area contributed by atoms with Gasteiger partial charge in [-0.05, 0) is 25.0 Å². The van der Waals surface area contributed by atoms with Crippen LogP contribution in [0.2, 0.25) is 0 Å². The van der Waals surface area contributed by atoms with E-state index in [0.717, 1.165) is 32.1 Å².